The quantitative estimate of drug-likeness (QED) is 0.925. The fourth-order valence-electron chi connectivity index (χ4n) is 2.09. The zero-order chi connectivity index (χ0) is 12.5. The smallest absolute Gasteiger partial charge is 0.234 e. The summed E-state index contributed by atoms with van der Waals surface area (Å²) in [5, 5.41) is 3.11. The third kappa shape index (κ3) is 2.53. The molecule has 0 aliphatic heterocycles. The van der Waals surface area contributed by atoms with Crippen LogP contribution < -0.4 is 10.2 Å². The fraction of sp³-hybridized carbons (Fsp3) is 0.462. The molecule has 0 saturated heterocycles. The van der Waals surface area contributed by atoms with Crippen LogP contribution in [0, 0.1) is 5.41 Å². The Balaban J connectivity index is 2.12. The molecule has 1 saturated carbocycles. The van der Waals surface area contributed by atoms with Crippen molar-refractivity contribution in [3.8, 4) is 0 Å². The second-order valence-corrected chi connectivity index (χ2v) is 5.57. The molecule has 0 atom stereocenters. The minimum absolute atomic E-state index is 0.156. The van der Waals surface area contributed by atoms with Crippen LogP contribution in [0.4, 0.5) is 5.69 Å². The van der Waals surface area contributed by atoms with Crippen LogP contribution in [0.2, 0.25) is 0 Å². The van der Waals surface area contributed by atoms with E-state index in [1.54, 1.807) is 4.90 Å². The molecule has 0 unspecified atom stereocenters. The molecule has 2 rings (SSSR count). The number of halogens is 1. The fourth-order valence-corrected chi connectivity index (χ4v) is 2.36. The van der Waals surface area contributed by atoms with Gasteiger partial charge in [0.15, 0.2) is 0 Å². The summed E-state index contributed by atoms with van der Waals surface area (Å²) in [6.07, 6.45) is 1.99. The van der Waals surface area contributed by atoms with Crippen LogP contribution in [-0.4, -0.2) is 26.5 Å². The maximum Gasteiger partial charge on any atom is 0.234 e. The van der Waals surface area contributed by atoms with Crippen LogP contribution in [0.5, 0.6) is 0 Å². The maximum atomic E-state index is 12.4. The average Bonchev–Trinajstić information content (AvgIpc) is 3.10. The van der Waals surface area contributed by atoms with Crippen LogP contribution in [0.15, 0.2) is 28.7 Å². The molecule has 3 nitrogen and oxygen atoms in total. The summed E-state index contributed by atoms with van der Waals surface area (Å²) in [4.78, 5) is 14.1. The number of hydrogen-bond acceptors (Lipinski definition) is 2. The average molecular weight is 297 g/mol. The summed E-state index contributed by atoms with van der Waals surface area (Å²) in [6, 6.07) is 7.82. The van der Waals surface area contributed by atoms with Crippen LogP contribution in [0.25, 0.3) is 0 Å². The highest BCUT2D eigenvalue weighted by Crippen LogP contribution is 2.46. The molecular formula is C13H17BrN2O. The largest absolute Gasteiger partial charge is 0.319 e. The first-order chi connectivity index (χ1) is 8.09. The van der Waals surface area contributed by atoms with Crippen molar-refractivity contribution in [2.75, 3.05) is 25.5 Å². The lowest BCUT2D eigenvalue weighted by Gasteiger charge is -2.23. The number of carbonyl (C=O) groups is 1. The molecule has 1 aliphatic carbocycles. The standard InChI is InChI=1S/C13H17BrN2O/c1-15-9-13(7-8-13)12(17)16(2)11-5-3-10(14)4-6-11/h3-6,15H,7-9H2,1-2H3. The third-order valence-corrected chi connectivity index (χ3v) is 3.87. The number of nitrogens with one attached hydrogen (secondary N) is 1. The summed E-state index contributed by atoms with van der Waals surface area (Å²) in [7, 11) is 3.74. The summed E-state index contributed by atoms with van der Waals surface area (Å²) in [5.41, 5.74) is 0.789. The van der Waals surface area contributed by atoms with Gasteiger partial charge in [-0.3, -0.25) is 4.79 Å². The van der Waals surface area contributed by atoms with Crippen molar-refractivity contribution in [1.29, 1.82) is 0 Å². The summed E-state index contributed by atoms with van der Waals surface area (Å²) in [6.45, 7) is 0.771. The van der Waals surface area contributed by atoms with E-state index in [0.717, 1.165) is 29.5 Å². The molecule has 1 fully saturated rings. The van der Waals surface area contributed by atoms with E-state index in [0.29, 0.717) is 0 Å². The number of anilines is 1. The van der Waals surface area contributed by atoms with E-state index in [1.165, 1.54) is 0 Å². The van der Waals surface area contributed by atoms with E-state index in [2.05, 4.69) is 21.2 Å². The molecule has 1 N–H and O–H groups in total. The van der Waals surface area contributed by atoms with Gasteiger partial charge in [0.25, 0.3) is 0 Å². The monoisotopic (exact) mass is 296 g/mol. The van der Waals surface area contributed by atoms with Crippen molar-refractivity contribution in [1.82, 2.24) is 5.32 Å². The Morgan fingerprint density at radius 2 is 2.00 bits per heavy atom. The highest BCUT2D eigenvalue weighted by Gasteiger charge is 2.50. The zero-order valence-corrected chi connectivity index (χ0v) is 11.8. The zero-order valence-electron chi connectivity index (χ0n) is 10.2. The Bertz CT molecular complexity index is 412. The van der Waals surface area contributed by atoms with Gasteiger partial charge in [-0.15, -0.1) is 0 Å². The second kappa shape index (κ2) is 4.78. The Hall–Kier alpha value is -0.870. The normalized spacial score (nSPS) is 16.6. The second-order valence-electron chi connectivity index (χ2n) is 4.65. The maximum absolute atomic E-state index is 12.4. The van der Waals surface area contributed by atoms with Crippen molar-refractivity contribution < 1.29 is 4.79 Å². The van der Waals surface area contributed by atoms with E-state index in [-0.39, 0.29) is 11.3 Å². The van der Waals surface area contributed by atoms with Gasteiger partial charge in [0.2, 0.25) is 5.91 Å². The first kappa shape index (κ1) is 12.6. The SMILES string of the molecule is CNCC1(C(=O)N(C)c2ccc(Br)cc2)CC1. The van der Waals surface area contributed by atoms with Crippen LogP contribution in [-0.2, 0) is 4.79 Å². The molecule has 92 valence electrons. The molecule has 17 heavy (non-hydrogen) atoms. The number of benzene rings is 1. The van der Waals surface area contributed by atoms with Crippen LogP contribution in [0.1, 0.15) is 12.8 Å². The van der Waals surface area contributed by atoms with Gasteiger partial charge < -0.3 is 10.2 Å². The summed E-state index contributed by atoms with van der Waals surface area (Å²) >= 11 is 3.39. The van der Waals surface area contributed by atoms with E-state index in [4.69, 9.17) is 0 Å². The minimum Gasteiger partial charge on any atom is -0.319 e. The summed E-state index contributed by atoms with van der Waals surface area (Å²) in [5.74, 6) is 0.217. The molecule has 0 spiro atoms. The molecular weight excluding hydrogens is 280 g/mol. The lowest BCUT2D eigenvalue weighted by Crippen LogP contribution is -2.39. The molecule has 1 aromatic carbocycles. The lowest BCUT2D eigenvalue weighted by molar-refractivity contribution is -0.123. The van der Waals surface area contributed by atoms with Gasteiger partial charge in [0.1, 0.15) is 0 Å². The molecule has 4 heteroatoms. The minimum atomic E-state index is -0.156. The number of hydrogen-bond donors (Lipinski definition) is 1. The molecule has 0 radical (unpaired) electrons. The Morgan fingerprint density at radius 1 is 1.41 bits per heavy atom. The van der Waals surface area contributed by atoms with Gasteiger partial charge in [-0.1, -0.05) is 15.9 Å². The molecule has 1 aromatic rings. The van der Waals surface area contributed by atoms with Crippen molar-refractivity contribution in [2.24, 2.45) is 5.41 Å². The Kier molecular flexibility index (Phi) is 3.54. The number of amides is 1. The van der Waals surface area contributed by atoms with Gasteiger partial charge in [0.05, 0.1) is 5.41 Å². The van der Waals surface area contributed by atoms with Gasteiger partial charge >= 0.3 is 0 Å². The highest BCUT2D eigenvalue weighted by molar-refractivity contribution is 9.10. The van der Waals surface area contributed by atoms with Crippen LogP contribution in [0.3, 0.4) is 0 Å². The topological polar surface area (TPSA) is 32.3 Å². The van der Waals surface area contributed by atoms with Crippen molar-refractivity contribution >= 4 is 27.5 Å². The number of nitrogens with zero attached hydrogens (tertiary/aromatic N) is 1. The predicted octanol–water partition coefficient (Wildman–Crippen LogP) is 2.41. The molecule has 1 aliphatic rings. The van der Waals surface area contributed by atoms with Crippen molar-refractivity contribution in [2.45, 2.75) is 12.8 Å². The van der Waals surface area contributed by atoms with Crippen molar-refractivity contribution in [3.05, 3.63) is 28.7 Å². The van der Waals surface area contributed by atoms with E-state index < -0.39 is 0 Å². The molecule has 0 heterocycles. The number of carbonyl (C=O) groups excluding carboxylic acids is 1. The van der Waals surface area contributed by atoms with E-state index >= 15 is 0 Å². The molecule has 1 amide bonds. The van der Waals surface area contributed by atoms with E-state index in [1.807, 2.05) is 38.4 Å². The predicted molar refractivity (Wildman–Crippen MR) is 73.1 cm³/mol. The van der Waals surface area contributed by atoms with Gasteiger partial charge in [0, 0.05) is 23.8 Å². The molecule has 0 aromatic heterocycles. The Labute approximate surface area is 110 Å². The lowest BCUT2D eigenvalue weighted by atomic mass is 10.1. The van der Waals surface area contributed by atoms with Gasteiger partial charge in [-0.2, -0.15) is 0 Å². The van der Waals surface area contributed by atoms with Gasteiger partial charge in [-0.25, -0.2) is 0 Å². The molecule has 0 bridgehead atoms. The third-order valence-electron chi connectivity index (χ3n) is 3.34. The number of rotatable bonds is 4. The highest BCUT2D eigenvalue weighted by atomic mass is 79.9. The Morgan fingerprint density at radius 3 is 2.47 bits per heavy atom. The summed E-state index contributed by atoms with van der Waals surface area (Å²) < 4.78 is 1.03. The van der Waals surface area contributed by atoms with Gasteiger partial charge in [-0.05, 0) is 44.2 Å². The van der Waals surface area contributed by atoms with E-state index in [9.17, 15) is 4.79 Å². The first-order valence-corrected chi connectivity index (χ1v) is 6.57. The first-order valence-electron chi connectivity index (χ1n) is 5.77. The van der Waals surface area contributed by atoms with Crippen LogP contribution >= 0.6 is 15.9 Å². The van der Waals surface area contributed by atoms with Crippen molar-refractivity contribution in [3.63, 3.8) is 0 Å².